The number of hydrogen-bond acceptors (Lipinski definition) is 3. The Morgan fingerprint density at radius 2 is 0.986 bits per heavy atom. The molecule has 0 atom stereocenters. The summed E-state index contributed by atoms with van der Waals surface area (Å²) in [5.41, 5.74) is 13.3. The van der Waals surface area contributed by atoms with Gasteiger partial charge in [-0.25, -0.2) is 9.98 Å². The highest BCUT2D eigenvalue weighted by Crippen LogP contribution is 2.42. The van der Waals surface area contributed by atoms with Gasteiger partial charge in [-0.3, -0.25) is 0 Å². The molecule has 11 aromatic carbocycles. The van der Waals surface area contributed by atoms with Gasteiger partial charge >= 0.3 is 0 Å². The molecular weight excluding hydrogens is 865 g/mol. The van der Waals surface area contributed by atoms with Crippen molar-refractivity contribution in [2.24, 2.45) is 9.98 Å². The maximum atomic E-state index is 7.03. The molecule has 4 heterocycles. The first-order valence-electron chi connectivity index (χ1n) is 24.4. The van der Waals surface area contributed by atoms with Gasteiger partial charge in [0.25, 0.3) is 0 Å². The monoisotopic (exact) mass is 906 g/mol. The van der Waals surface area contributed by atoms with Crippen molar-refractivity contribution in [1.29, 1.82) is 0 Å². The molecule has 5 nitrogen and oxygen atoms in total. The second-order valence-corrected chi connectivity index (χ2v) is 18.8. The quantitative estimate of drug-likeness (QED) is 0.170. The van der Waals surface area contributed by atoms with Crippen LogP contribution in [0.5, 0.6) is 0 Å². The van der Waals surface area contributed by atoms with Crippen LogP contribution in [0.1, 0.15) is 29.5 Å². The highest BCUT2D eigenvalue weighted by molar-refractivity contribution is 6.22. The zero-order chi connectivity index (χ0) is 46.6. The van der Waals surface area contributed by atoms with E-state index >= 15 is 0 Å². The Bertz CT molecular complexity index is 4630. The molecule has 14 aromatic rings. The van der Waals surface area contributed by atoms with Crippen LogP contribution in [0, 0.1) is 0 Å². The van der Waals surface area contributed by atoms with E-state index in [1.54, 1.807) is 0 Å². The van der Waals surface area contributed by atoms with Crippen molar-refractivity contribution >= 4 is 115 Å². The molecule has 3 aromatic heterocycles. The first kappa shape index (κ1) is 39.7. The zero-order valence-corrected chi connectivity index (χ0v) is 38.6. The smallest absolute Gasteiger partial charge is 0.160 e. The summed E-state index contributed by atoms with van der Waals surface area (Å²) in [6.45, 7) is 0. The molecule has 0 fully saturated rings. The van der Waals surface area contributed by atoms with Crippen LogP contribution in [-0.4, -0.2) is 20.7 Å². The van der Waals surface area contributed by atoms with Crippen LogP contribution >= 0.6 is 0 Å². The molecule has 0 spiro atoms. The molecule has 1 aliphatic rings. The lowest BCUT2D eigenvalue weighted by Gasteiger charge is -2.17. The van der Waals surface area contributed by atoms with E-state index in [-0.39, 0.29) is 0 Å². The zero-order valence-electron chi connectivity index (χ0n) is 38.6. The fraction of sp³-hybridized carbons (Fsp3) is 0.0303. The summed E-state index contributed by atoms with van der Waals surface area (Å²) < 4.78 is 11.9. The van der Waals surface area contributed by atoms with Crippen LogP contribution in [0.25, 0.3) is 115 Å². The summed E-state index contributed by atoms with van der Waals surface area (Å²) in [7, 11) is 0. The molecule has 0 aliphatic carbocycles. The van der Waals surface area contributed by atoms with Crippen molar-refractivity contribution in [1.82, 2.24) is 9.13 Å². The molecule has 71 heavy (non-hydrogen) atoms. The number of aliphatic imine (C=N–C) groups is 2. The lowest BCUT2D eigenvalue weighted by atomic mass is 9.98. The number of fused-ring (bicyclic) bond motifs is 12. The van der Waals surface area contributed by atoms with E-state index in [1.165, 1.54) is 48.5 Å². The Balaban J connectivity index is 1.01. The number of benzene rings is 11. The predicted octanol–water partition coefficient (Wildman–Crippen LogP) is 17.3. The molecule has 5 heteroatoms. The van der Waals surface area contributed by atoms with Crippen molar-refractivity contribution in [3.63, 3.8) is 0 Å². The Kier molecular flexibility index (Phi) is 8.72. The van der Waals surface area contributed by atoms with E-state index in [1.807, 2.05) is 0 Å². The van der Waals surface area contributed by atoms with Gasteiger partial charge in [-0.15, -0.1) is 0 Å². The number of aromatic nitrogens is 2. The van der Waals surface area contributed by atoms with Crippen molar-refractivity contribution in [2.75, 3.05) is 0 Å². The number of amidine groups is 1. The standard InChI is InChI=1S/C66H42N4O/c1-2-22-48(23-3-1)69-58-30-12-10-25-51(58)53-33-32-46(37-60(53)69)66-67-56(28-15-29-57(68-66)50-27-14-21-41-16-8-9-24-49(41)50)47-38-62(65-55-35-43-18-5-7-20-45(43)39-63(55)71-64(65)40-47)70-59-31-13-11-26-52(59)54-34-42-17-4-6-19-44(42)36-61(54)70/h1-14,16-27,29-40H,15,28H2/b57-29-,67-56+,68-66-. The maximum absolute atomic E-state index is 7.03. The minimum Gasteiger partial charge on any atom is -0.456 e. The molecule has 0 amide bonds. The first-order valence-corrected chi connectivity index (χ1v) is 24.4. The van der Waals surface area contributed by atoms with Crippen molar-refractivity contribution in [2.45, 2.75) is 12.8 Å². The SMILES string of the molecule is C1=C(c2cccc3ccccc23)/N=C(c2ccc3c4ccccc4n(-c4ccccc4)c3c2)\N=C(\c2cc(-n3c4ccccc4c4cc5ccccc5cc43)c3c(c2)oc2cc4ccccc4cc23)CC\1. The molecule has 332 valence electrons. The Hall–Kier alpha value is -9.32. The second kappa shape index (κ2) is 15.6. The van der Waals surface area contributed by atoms with Crippen molar-refractivity contribution in [3.8, 4) is 11.4 Å². The first-order chi connectivity index (χ1) is 35.2. The lowest BCUT2D eigenvalue weighted by Crippen LogP contribution is -2.10. The Morgan fingerprint density at radius 3 is 1.77 bits per heavy atom. The number of para-hydroxylation sites is 3. The van der Waals surface area contributed by atoms with Crippen LogP contribution in [0.4, 0.5) is 0 Å². The summed E-state index contributed by atoms with van der Waals surface area (Å²) in [5, 5.41) is 14.0. The largest absolute Gasteiger partial charge is 0.456 e. The summed E-state index contributed by atoms with van der Waals surface area (Å²) >= 11 is 0. The van der Waals surface area contributed by atoms with Crippen LogP contribution in [0.15, 0.2) is 245 Å². The van der Waals surface area contributed by atoms with Crippen LogP contribution in [0.2, 0.25) is 0 Å². The third-order valence-corrected chi connectivity index (χ3v) is 14.7. The average molecular weight is 907 g/mol. The molecule has 0 bridgehead atoms. The van der Waals surface area contributed by atoms with Crippen LogP contribution < -0.4 is 0 Å². The molecule has 0 N–H and O–H groups in total. The molecule has 1 aliphatic heterocycles. The summed E-state index contributed by atoms with van der Waals surface area (Å²) in [4.78, 5) is 11.4. The van der Waals surface area contributed by atoms with Gasteiger partial charge in [0, 0.05) is 49.3 Å². The number of allylic oxidation sites excluding steroid dienone is 1. The van der Waals surface area contributed by atoms with Gasteiger partial charge in [0.1, 0.15) is 11.2 Å². The maximum Gasteiger partial charge on any atom is 0.160 e. The fourth-order valence-corrected chi connectivity index (χ4v) is 11.5. The van der Waals surface area contributed by atoms with Crippen LogP contribution in [-0.2, 0) is 0 Å². The van der Waals surface area contributed by atoms with Crippen molar-refractivity contribution < 1.29 is 4.42 Å². The highest BCUT2D eigenvalue weighted by atomic mass is 16.3. The predicted molar refractivity (Wildman–Crippen MR) is 298 cm³/mol. The molecule has 0 saturated carbocycles. The number of nitrogens with zero attached hydrogens (tertiary/aromatic N) is 4. The van der Waals surface area contributed by atoms with Gasteiger partial charge in [-0.05, 0) is 112 Å². The van der Waals surface area contributed by atoms with E-state index in [9.17, 15) is 0 Å². The van der Waals surface area contributed by atoms with Crippen LogP contribution in [0.3, 0.4) is 0 Å². The number of hydrogen-bond donors (Lipinski definition) is 0. The van der Waals surface area contributed by atoms with Gasteiger partial charge in [-0.2, -0.15) is 0 Å². The summed E-state index contributed by atoms with van der Waals surface area (Å²) in [6, 6.07) is 80.9. The fourth-order valence-electron chi connectivity index (χ4n) is 11.5. The number of rotatable bonds is 5. The lowest BCUT2D eigenvalue weighted by molar-refractivity contribution is 0.669. The van der Waals surface area contributed by atoms with E-state index in [4.69, 9.17) is 14.4 Å². The molecule has 0 saturated heterocycles. The Morgan fingerprint density at radius 1 is 0.380 bits per heavy atom. The normalized spacial score (nSPS) is 15.7. The minimum absolute atomic E-state index is 0.659. The Labute approximate surface area is 408 Å². The summed E-state index contributed by atoms with van der Waals surface area (Å²) in [5.74, 6) is 0.659. The summed E-state index contributed by atoms with van der Waals surface area (Å²) in [6.07, 6.45) is 3.74. The van der Waals surface area contributed by atoms with Gasteiger partial charge in [0.05, 0.1) is 44.5 Å². The van der Waals surface area contributed by atoms with E-state index in [0.29, 0.717) is 12.3 Å². The molecule has 0 unspecified atom stereocenters. The van der Waals surface area contributed by atoms with Gasteiger partial charge < -0.3 is 13.6 Å². The third kappa shape index (κ3) is 6.26. The average Bonchev–Trinajstić information content (AvgIpc) is 4.06. The second-order valence-electron chi connectivity index (χ2n) is 18.8. The third-order valence-electron chi connectivity index (χ3n) is 14.7. The number of furan rings is 1. The molecular formula is C66H42N4O. The minimum atomic E-state index is 0.659. The molecule has 15 rings (SSSR count). The highest BCUT2D eigenvalue weighted by Gasteiger charge is 2.23. The van der Waals surface area contributed by atoms with Gasteiger partial charge in [0.15, 0.2) is 5.84 Å². The van der Waals surface area contributed by atoms with Gasteiger partial charge in [-0.1, -0.05) is 164 Å². The van der Waals surface area contributed by atoms with E-state index < -0.39 is 0 Å². The topological polar surface area (TPSA) is 47.7 Å². The van der Waals surface area contributed by atoms with E-state index in [0.717, 1.165) is 95.3 Å². The van der Waals surface area contributed by atoms with Crippen molar-refractivity contribution in [3.05, 3.63) is 247 Å². The molecule has 0 radical (unpaired) electrons. The van der Waals surface area contributed by atoms with Gasteiger partial charge in [0.2, 0.25) is 0 Å². The van der Waals surface area contributed by atoms with E-state index in [2.05, 4.69) is 240 Å².